The Kier molecular flexibility index (Phi) is 9.89. The summed E-state index contributed by atoms with van der Waals surface area (Å²) in [4.78, 5) is 41.5. The van der Waals surface area contributed by atoms with Gasteiger partial charge in [0.1, 0.15) is 11.4 Å². The number of nitrogens with zero attached hydrogens (tertiary/aromatic N) is 5. The molecular formula is C23H33Cl2N7O5. The van der Waals surface area contributed by atoms with E-state index >= 15 is 0 Å². The first-order chi connectivity index (χ1) is 16.6. The second-order valence-corrected chi connectivity index (χ2v) is 9.48. The van der Waals surface area contributed by atoms with Crippen molar-refractivity contribution in [2.24, 2.45) is 0 Å². The van der Waals surface area contributed by atoms with Crippen molar-refractivity contribution in [2.75, 3.05) is 56.6 Å². The zero-order chi connectivity index (χ0) is 25.3. The van der Waals surface area contributed by atoms with E-state index in [0.29, 0.717) is 30.0 Å². The number of amides is 1. The van der Waals surface area contributed by atoms with E-state index in [0.717, 1.165) is 30.9 Å². The number of carbonyl (C=O) groups excluding carboxylic acids is 2. The van der Waals surface area contributed by atoms with Gasteiger partial charge in [-0.2, -0.15) is 5.10 Å². The zero-order valence-electron chi connectivity index (χ0n) is 21.3. The molecule has 204 valence electrons. The molecule has 37 heavy (non-hydrogen) atoms. The summed E-state index contributed by atoms with van der Waals surface area (Å²) in [6.07, 6.45) is -0.729. The van der Waals surface area contributed by atoms with E-state index in [9.17, 15) is 19.7 Å². The average molecular weight is 558 g/mol. The minimum atomic E-state index is -0.729. The van der Waals surface area contributed by atoms with E-state index in [1.165, 1.54) is 12.1 Å². The normalized spacial score (nSPS) is 16.6. The molecule has 0 bridgehead atoms. The van der Waals surface area contributed by atoms with Gasteiger partial charge in [0, 0.05) is 62.0 Å². The van der Waals surface area contributed by atoms with Gasteiger partial charge < -0.3 is 25.2 Å². The minimum Gasteiger partial charge on any atom is -0.448 e. The van der Waals surface area contributed by atoms with Crippen LogP contribution in [0.3, 0.4) is 0 Å². The highest BCUT2D eigenvalue weighted by Gasteiger charge is 2.36. The summed E-state index contributed by atoms with van der Waals surface area (Å²) in [7, 11) is 2.03. The molecule has 1 fully saturated rings. The summed E-state index contributed by atoms with van der Waals surface area (Å²) >= 11 is 0. The van der Waals surface area contributed by atoms with Crippen LogP contribution in [-0.4, -0.2) is 78.0 Å². The second kappa shape index (κ2) is 12.1. The van der Waals surface area contributed by atoms with Crippen molar-refractivity contribution in [1.29, 1.82) is 0 Å². The summed E-state index contributed by atoms with van der Waals surface area (Å²) in [5.41, 5.74) is 1.23. The second-order valence-electron chi connectivity index (χ2n) is 9.48. The van der Waals surface area contributed by atoms with Crippen LogP contribution in [0.1, 0.15) is 42.4 Å². The third-order valence-corrected chi connectivity index (χ3v) is 6.46. The van der Waals surface area contributed by atoms with E-state index in [1.54, 1.807) is 13.0 Å². The SMILES string of the molecule is CCOC(=O)n1nc2c(c1NC(=O)c1ccc(N3CCN(C)CC3)cc1[N+](=O)[O-])CNCC2(C)C.Cl.Cl. The van der Waals surface area contributed by atoms with Gasteiger partial charge in [-0.3, -0.25) is 14.9 Å². The number of piperazine rings is 1. The Bertz CT molecular complexity index is 1160. The number of fused-ring (bicyclic) bond motifs is 1. The van der Waals surface area contributed by atoms with Crippen LogP contribution in [0.4, 0.5) is 22.0 Å². The predicted molar refractivity (Wildman–Crippen MR) is 145 cm³/mol. The minimum absolute atomic E-state index is 0. The summed E-state index contributed by atoms with van der Waals surface area (Å²) in [5.74, 6) is -0.542. The maximum Gasteiger partial charge on any atom is 0.436 e. The molecule has 0 atom stereocenters. The Hall–Kier alpha value is -2.93. The lowest BCUT2D eigenvalue weighted by molar-refractivity contribution is -0.385. The molecule has 4 rings (SSSR count). The lowest BCUT2D eigenvalue weighted by Crippen LogP contribution is -2.44. The van der Waals surface area contributed by atoms with Crippen molar-refractivity contribution in [2.45, 2.75) is 32.7 Å². The predicted octanol–water partition coefficient (Wildman–Crippen LogP) is 3.02. The molecule has 14 heteroatoms. The van der Waals surface area contributed by atoms with Crippen molar-refractivity contribution in [3.8, 4) is 0 Å². The molecule has 0 aliphatic carbocycles. The van der Waals surface area contributed by atoms with Crippen LogP contribution in [0.25, 0.3) is 0 Å². The molecule has 3 heterocycles. The van der Waals surface area contributed by atoms with Gasteiger partial charge in [0.15, 0.2) is 0 Å². The molecule has 1 amide bonds. The Morgan fingerprint density at radius 1 is 1.22 bits per heavy atom. The Morgan fingerprint density at radius 3 is 2.51 bits per heavy atom. The van der Waals surface area contributed by atoms with Crippen molar-refractivity contribution in [3.05, 3.63) is 45.1 Å². The van der Waals surface area contributed by atoms with Crippen molar-refractivity contribution in [1.82, 2.24) is 20.0 Å². The summed E-state index contributed by atoms with van der Waals surface area (Å²) < 4.78 is 6.16. The molecular weight excluding hydrogens is 525 g/mol. The number of aromatic nitrogens is 2. The van der Waals surface area contributed by atoms with E-state index in [2.05, 4.69) is 25.5 Å². The molecule has 2 aromatic rings. The molecule has 0 saturated carbocycles. The molecule has 2 N–H and O–H groups in total. The summed E-state index contributed by atoms with van der Waals surface area (Å²) in [6, 6.07) is 4.61. The van der Waals surface area contributed by atoms with Crippen LogP contribution in [0.2, 0.25) is 0 Å². The maximum atomic E-state index is 13.3. The number of nitro groups is 1. The van der Waals surface area contributed by atoms with Crippen LogP contribution in [0, 0.1) is 10.1 Å². The number of hydrogen-bond donors (Lipinski definition) is 2. The first-order valence-corrected chi connectivity index (χ1v) is 11.7. The van der Waals surface area contributed by atoms with Crippen molar-refractivity contribution >= 4 is 54.0 Å². The highest BCUT2D eigenvalue weighted by atomic mass is 35.5. The van der Waals surface area contributed by atoms with Gasteiger partial charge in [-0.05, 0) is 26.1 Å². The molecule has 2 aliphatic heterocycles. The first-order valence-electron chi connectivity index (χ1n) is 11.7. The van der Waals surface area contributed by atoms with Gasteiger partial charge in [0.05, 0.1) is 17.2 Å². The number of anilines is 2. The molecule has 1 aromatic carbocycles. The molecule has 2 aliphatic rings. The van der Waals surface area contributed by atoms with Gasteiger partial charge in [-0.15, -0.1) is 29.5 Å². The van der Waals surface area contributed by atoms with E-state index in [1.807, 2.05) is 20.9 Å². The fourth-order valence-corrected chi connectivity index (χ4v) is 4.49. The van der Waals surface area contributed by atoms with Crippen LogP contribution >= 0.6 is 24.8 Å². The van der Waals surface area contributed by atoms with Gasteiger partial charge in [-0.1, -0.05) is 13.8 Å². The van der Waals surface area contributed by atoms with Gasteiger partial charge in [0.2, 0.25) is 0 Å². The highest BCUT2D eigenvalue weighted by molar-refractivity contribution is 6.08. The standard InChI is InChI=1S/C23H31N7O5.2ClH/c1-5-35-22(32)29-20(17-13-24-14-23(2,3)19(17)26-29)25-21(31)16-7-6-15(12-18(16)30(33)34)28-10-8-27(4)9-11-28;;/h6-7,12,24H,5,8-11,13-14H2,1-4H3,(H,25,31);2*1H. The third kappa shape index (κ3) is 6.15. The van der Waals surface area contributed by atoms with Crippen molar-refractivity contribution in [3.63, 3.8) is 0 Å². The van der Waals surface area contributed by atoms with E-state index in [-0.39, 0.29) is 53.9 Å². The Morgan fingerprint density at radius 2 is 1.89 bits per heavy atom. The van der Waals surface area contributed by atoms with Crippen LogP contribution < -0.4 is 15.5 Å². The van der Waals surface area contributed by atoms with E-state index < -0.39 is 16.9 Å². The number of halogens is 2. The number of nitrogens with one attached hydrogen (secondary N) is 2. The average Bonchev–Trinajstić information content (AvgIpc) is 3.19. The first kappa shape index (κ1) is 30.3. The van der Waals surface area contributed by atoms with Crippen LogP contribution in [0.15, 0.2) is 18.2 Å². The number of nitro benzene ring substituents is 1. The fraction of sp³-hybridized carbons (Fsp3) is 0.522. The lowest BCUT2D eigenvalue weighted by Gasteiger charge is -2.34. The fourth-order valence-electron chi connectivity index (χ4n) is 4.49. The van der Waals surface area contributed by atoms with Crippen LogP contribution in [-0.2, 0) is 16.7 Å². The number of ether oxygens (including phenoxy) is 1. The summed E-state index contributed by atoms with van der Waals surface area (Å²) in [6.45, 7) is 9.99. The van der Waals surface area contributed by atoms with Crippen molar-refractivity contribution < 1.29 is 19.2 Å². The number of likely N-dealkylation sites (N-methyl/N-ethyl adjacent to an activating group) is 1. The molecule has 12 nitrogen and oxygen atoms in total. The summed E-state index contributed by atoms with van der Waals surface area (Å²) in [5, 5.41) is 22.3. The lowest BCUT2D eigenvalue weighted by atomic mass is 9.84. The zero-order valence-corrected chi connectivity index (χ0v) is 22.9. The van der Waals surface area contributed by atoms with Gasteiger partial charge in [-0.25, -0.2) is 4.79 Å². The molecule has 0 unspecified atom stereocenters. The maximum absolute atomic E-state index is 13.3. The largest absolute Gasteiger partial charge is 0.448 e. The number of carbonyl (C=O) groups is 2. The van der Waals surface area contributed by atoms with Gasteiger partial charge >= 0.3 is 6.09 Å². The highest BCUT2D eigenvalue weighted by Crippen LogP contribution is 2.34. The topological polar surface area (TPSA) is 135 Å². The Balaban J connectivity index is 0.00000241. The molecule has 1 aromatic heterocycles. The molecule has 0 spiro atoms. The van der Waals surface area contributed by atoms with Gasteiger partial charge in [0.25, 0.3) is 11.6 Å². The number of rotatable bonds is 5. The molecule has 0 radical (unpaired) electrons. The third-order valence-electron chi connectivity index (χ3n) is 6.46. The number of hydrogen-bond acceptors (Lipinski definition) is 9. The molecule has 1 saturated heterocycles. The van der Waals surface area contributed by atoms with Crippen LogP contribution in [0.5, 0.6) is 0 Å². The number of benzene rings is 1. The van der Waals surface area contributed by atoms with E-state index in [4.69, 9.17) is 4.74 Å². The smallest absolute Gasteiger partial charge is 0.436 e. The monoisotopic (exact) mass is 557 g/mol. The quantitative estimate of drug-likeness (QED) is 0.420. The Labute approximate surface area is 227 Å².